The minimum absolute atomic E-state index is 0.0651. The van der Waals surface area contributed by atoms with Crippen LogP contribution in [0.4, 0.5) is 0 Å². The molecule has 0 aliphatic rings. The maximum absolute atomic E-state index is 12.6. The lowest BCUT2D eigenvalue weighted by molar-refractivity contribution is -0.135. The van der Waals surface area contributed by atoms with Crippen LogP contribution in [0.1, 0.15) is 37.5 Å². The lowest BCUT2D eigenvalue weighted by Gasteiger charge is -2.21. The molecule has 0 fully saturated rings. The quantitative estimate of drug-likeness (QED) is 0.886. The number of rotatable bonds is 6. The van der Waals surface area contributed by atoms with Gasteiger partial charge >= 0.3 is 0 Å². The van der Waals surface area contributed by atoms with E-state index < -0.39 is 0 Å². The molecule has 0 unspecified atom stereocenters. The second kappa shape index (κ2) is 7.51. The highest BCUT2D eigenvalue weighted by Crippen LogP contribution is 2.27. The van der Waals surface area contributed by atoms with Gasteiger partial charge in [0.05, 0.1) is 19.2 Å². The zero-order valence-corrected chi connectivity index (χ0v) is 15.1. The monoisotopic (exact) mass is 330 g/mol. The topological polar surface area (TPSA) is 62.6 Å². The molecule has 0 aliphatic carbocycles. The molecule has 1 N–H and O–H groups in total. The van der Waals surface area contributed by atoms with Gasteiger partial charge in [-0.2, -0.15) is 0 Å². The average Bonchev–Trinajstić information content (AvgIpc) is 2.91. The van der Waals surface area contributed by atoms with Gasteiger partial charge in [0.1, 0.15) is 5.58 Å². The lowest BCUT2D eigenvalue weighted by Crippen LogP contribution is -2.43. The van der Waals surface area contributed by atoms with Gasteiger partial charge in [0.25, 0.3) is 0 Å². The number of furan rings is 1. The maximum atomic E-state index is 12.6. The Labute approximate surface area is 143 Å². The molecule has 0 saturated carbocycles. The van der Waals surface area contributed by atoms with Crippen LogP contribution in [0.5, 0.6) is 0 Å². The number of nitrogens with one attached hydrogen (secondary N) is 1. The van der Waals surface area contributed by atoms with E-state index in [4.69, 9.17) is 4.42 Å². The molecule has 0 saturated heterocycles. The van der Waals surface area contributed by atoms with Crippen molar-refractivity contribution in [1.82, 2.24) is 10.2 Å². The number of nitrogens with zero attached hydrogens (tertiary/aromatic N) is 1. The molecule has 0 radical (unpaired) electrons. The molecular formula is C19H26N2O3. The van der Waals surface area contributed by atoms with E-state index in [9.17, 15) is 9.59 Å². The van der Waals surface area contributed by atoms with E-state index in [0.29, 0.717) is 6.54 Å². The van der Waals surface area contributed by atoms with Crippen molar-refractivity contribution in [3.63, 3.8) is 0 Å². The molecule has 2 amide bonds. The molecule has 1 aromatic carbocycles. The normalized spacial score (nSPS) is 11.1. The van der Waals surface area contributed by atoms with Crippen molar-refractivity contribution in [2.45, 2.75) is 47.1 Å². The molecule has 2 aromatic rings. The number of amides is 2. The van der Waals surface area contributed by atoms with Crippen LogP contribution in [-0.4, -0.2) is 35.8 Å². The van der Waals surface area contributed by atoms with Gasteiger partial charge in [0, 0.05) is 23.5 Å². The Morgan fingerprint density at radius 2 is 1.96 bits per heavy atom. The van der Waals surface area contributed by atoms with Gasteiger partial charge < -0.3 is 14.6 Å². The summed E-state index contributed by atoms with van der Waals surface area (Å²) in [7, 11) is 0. The third kappa shape index (κ3) is 3.96. The Bertz CT molecular complexity index is 746. The van der Waals surface area contributed by atoms with Crippen LogP contribution in [0, 0.1) is 13.8 Å². The summed E-state index contributed by atoms with van der Waals surface area (Å²) in [5.74, 6) is -0.207. The van der Waals surface area contributed by atoms with Gasteiger partial charge in [-0.25, -0.2) is 0 Å². The van der Waals surface area contributed by atoms with E-state index >= 15 is 0 Å². The van der Waals surface area contributed by atoms with Crippen LogP contribution < -0.4 is 5.32 Å². The molecule has 1 heterocycles. The minimum Gasteiger partial charge on any atom is -0.464 e. The van der Waals surface area contributed by atoms with E-state index in [1.165, 1.54) is 0 Å². The Hall–Kier alpha value is -2.30. The van der Waals surface area contributed by atoms with Gasteiger partial charge in [0.2, 0.25) is 11.8 Å². The fourth-order valence-electron chi connectivity index (χ4n) is 2.72. The summed E-state index contributed by atoms with van der Waals surface area (Å²) in [5.41, 5.74) is 3.95. The fourth-order valence-corrected chi connectivity index (χ4v) is 2.72. The van der Waals surface area contributed by atoms with Crippen LogP contribution in [0.3, 0.4) is 0 Å². The highest BCUT2D eigenvalue weighted by atomic mass is 16.3. The lowest BCUT2D eigenvalue weighted by atomic mass is 10.0. The summed E-state index contributed by atoms with van der Waals surface area (Å²) in [5, 5.41) is 3.78. The van der Waals surface area contributed by atoms with Gasteiger partial charge in [-0.3, -0.25) is 9.59 Å². The molecular weight excluding hydrogens is 304 g/mol. The number of likely N-dealkylation sites (N-methyl/N-ethyl adjacent to an activating group) is 1. The van der Waals surface area contributed by atoms with Crippen LogP contribution in [0.25, 0.3) is 11.0 Å². The summed E-state index contributed by atoms with van der Waals surface area (Å²) < 4.78 is 5.66. The molecule has 0 atom stereocenters. The number of aryl methyl sites for hydroxylation is 2. The standard InChI is InChI=1S/C19H26N2O3/c1-6-21(10-17(22)20-12(2)3)18(23)9-15-11-24-19-14(5)13(4)7-8-16(15)19/h7-8,11-12H,6,9-10H2,1-5H3,(H,20,22). The van der Waals surface area contributed by atoms with Crippen LogP contribution in [-0.2, 0) is 16.0 Å². The number of hydrogen-bond donors (Lipinski definition) is 1. The first-order valence-corrected chi connectivity index (χ1v) is 8.36. The summed E-state index contributed by atoms with van der Waals surface area (Å²) >= 11 is 0. The predicted octanol–water partition coefficient (Wildman–Crippen LogP) is 2.97. The van der Waals surface area contributed by atoms with Crippen LogP contribution >= 0.6 is 0 Å². The third-order valence-electron chi connectivity index (χ3n) is 4.20. The van der Waals surface area contributed by atoms with Crippen LogP contribution in [0.2, 0.25) is 0 Å². The zero-order valence-electron chi connectivity index (χ0n) is 15.1. The summed E-state index contributed by atoms with van der Waals surface area (Å²) in [4.78, 5) is 26.0. The van der Waals surface area contributed by atoms with E-state index in [-0.39, 0.29) is 30.8 Å². The number of fused-ring (bicyclic) bond motifs is 1. The SMILES string of the molecule is CCN(CC(=O)NC(C)C)C(=O)Cc1coc2c(C)c(C)ccc12. The van der Waals surface area contributed by atoms with Crippen molar-refractivity contribution >= 4 is 22.8 Å². The van der Waals surface area contributed by atoms with E-state index in [2.05, 4.69) is 5.32 Å². The Morgan fingerprint density at radius 3 is 2.58 bits per heavy atom. The molecule has 2 rings (SSSR count). The Kier molecular flexibility index (Phi) is 5.65. The van der Waals surface area contributed by atoms with E-state index in [1.54, 1.807) is 11.2 Å². The third-order valence-corrected chi connectivity index (χ3v) is 4.20. The van der Waals surface area contributed by atoms with Crippen molar-refractivity contribution in [2.75, 3.05) is 13.1 Å². The molecule has 0 bridgehead atoms. The smallest absolute Gasteiger partial charge is 0.239 e. The van der Waals surface area contributed by atoms with Crippen molar-refractivity contribution in [2.24, 2.45) is 0 Å². The average molecular weight is 330 g/mol. The molecule has 0 spiro atoms. The van der Waals surface area contributed by atoms with E-state index in [1.807, 2.05) is 46.8 Å². The Morgan fingerprint density at radius 1 is 1.25 bits per heavy atom. The van der Waals surface area contributed by atoms with Gasteiger partial charge in [-0.15, -0.1) is 0 Å². The van der Waals surface area contributed by atoms with E-state index in [0.717, 1.165) is 27.7 Å². The molecule has 5 nitrogen and oxygen atoms in total. The summed E-state index contributed by atoms with van der Waals surface area (Å²) in [6.07, 6.45) is 1.88. The second-order valence-corrected chi connectivity index (χ2v) is 6.45. The van der Waals surface area contributed by atoms with Crippen molar-refractivity contribution in [1.29, 1.82) is 0 Å². The largest absolute Gasteiger partial charge is 0.464 e. The molecule has 1 aromatic heterocycles. The summed E-state index contributed by atoms with van der Waals surface area (Å²) in [6, 6.07) is 4.09. The molecule has 130 valence electrons. The molecule has 5 heteroatoms. The number of carbonyl (C=O) groups is 2. The maximum Gasteiger partial charge on any atom is 0.239 e. The Balaban J connectivity index is 2.13. The molecule has 24 heavy (non-hydrogen) atoms. The first kappa shape index (κ1) is 18.0. The second-order valence-electron chi connectivity index (χ2n) is 6.45. The zero-order chi connectivity index (χ0) is 17.9. The van der Waals surface area contributed by atoms with Crippen LogP contribution in [0.15, 0.2) is 22.8 Å². The van der Waals surface area contributed by atoms with Crippen molar-refractivity contribution in [3.05, 3.63) is 35.1 Å². The van der Waals surface area contributed by atoms with Crippen molar-refractivity contribution < 1.29 is 14.0 Å². The minimum atomic E-state index is -0.135. The predicted molar refractivity (Wildman–Crippen MR) is 94.9 cm³/mol. The van der Waals surface area contributed by atoms with Gasteiger partial charge in [-0.1, -0.05) is 12.1 Å². The van der Waals surface area contributed by atoms with Gasteiger partial charge in [-0.05, 0) is 45.7 Å². The highest BCUT2D eigenvalue weighted by Gasteiger charge is 2.19. The molecule has 0 aliphatic heterocycles. The first-order valence-electron chi connectivity index (χ1n) is 8.36. The fraction of sp³-hybridized carbons (Fsp3) is 0.474. The highest BCUT2D eigenvalue weighted by molar-refractivity contribution is 5.91. The van der Waals surface area contributed by atoms with Crippen molar-refractivity contribution in [3.8, 4) is 0 Å². The number of benzene rings is 1. The number of carbonyl (C=O) groups excluding carboxylic acids is 2. The van der Waals surface area contributed by atoms with Gasteiger partial charge in [0.15, 0.2) is 0 Å². The first-order chi connectivity index (χ1) is 11.3. The summed E-state index contributed by atoms with van der Waals surface area (Å²) in [6.45, 7) is 10.3. The number of hydrogen-bond acceptors (Lipinski definition) is 3.